The summed E-state index contributed by atoms with van der Waals surface area (Å²) in [5.74, 6) is 0.433. The summed E-state index contributed by atoms with van der Waals surface area (Å²) in [7, 11) is 2.00. The number of piperidine rings is 1. The molecule has 5 rings (SSSR count). The van der Waals surface area contributed by atoms with Gasteiger partial charge in [-0.3, -0.25) is 9.80 Å². The van der Waals surface area contributed by atoms with E-state index in [4.69, 9.17) is 4.74 Å². The Kier molecular flexibility index (Phi) is 4.42. The Bertz CT molecular complexity index is 893. The van der Waals surface area contributed by atoms with Gasteiger partial charge < -0.3 is 14.2 Å². The van der Waals surface area contributed by atoms with Gasteiger partial charge in [0.25, 0.3) is 0 Å². The van der Waals surface area contributed by atoms with Crippen LogP contribution in [0.2, 0.25) is 0 Å². The van der Waals surface area contributed by atoms with Crippen molar-refractivity contribution < 1.29 is 13.9 Å². The topological polar surface area (TPSA) is 66.7 Å². The minimum Gasteiger partial charge on any atom is -0.440 e. The van der Waals surface area contributed by atoms with Crippen molar-refractivity contribution >= 4 is 11.9 Å². The molecule has 1 unspecified atom stereocenters. The zero-order valence-corrected chi connectivity index (χ0v) is 16.5. The van der Waals surface area contributed by atoms with Crippen LogP contribution in [0.15, 0.2) is 30.9 Å². The molecule has 5 heterocycles. The number of carbonyl (C=O) groups is 1. The first kappa shape index (κ1) is 18.4. The molecular formula is C20H25FN6O2. The number of aryl methyl sites for hydroxylation is 1. The number of fused-ring (bicyclic) bond motifs is 2. The lowest BCUT2D eigenvalue weighted by atomic mass is 9.83. The van der Waals surface area contributed by atoms with Gasteiger partial charge in [-0.05, 0) is 12.1 Å². The number of halogens is 1. The third-order valence-corrected chi connectivity index (χ3v) is 6.54. The first-order valence-electron chi connectivity index (χ1n) is 10.1. The molecule has 3 aliphatic heterocycles. The molecule has 154 valence electrons. The summed E-state index contributed by atoms with van der Waals surface area (Å²) < 4.78 is 21.2. The van der Waals surface area contributed by atoms with Crippen LogP contribution in [-0.2, 0) is 18.3 Å². The van der Waals surface area contributed by atoms with Crippen molar-refractivity contribution in [1.29, 1.82) is 0 Å². The highest BCUT2D eigenvalue weighted by Crippen LogP contribution is 2.41. The molecule has 1 spiro atoms. The second-order valence-electron chi connectivity index (χ2n) is 8.19. The molecule has 9 heteroatoms. The van der Waals surface area contributed by atoms with Crippen LogP contribution in [0.5, 0.6) is 0 Å². The second kappa shape index (κ2) is 6.98. The second-order valence-corrected chi connectivity index (χ2v) is 8.19. The molecule has 0 saturated carbocycles. The highest BCUT2D eigenvalue weighted by Gasteiger charge is 2.56. The number of nitrogens with zero attached hydrogens (tertiary/aromatic N) is 6. The minimum absolute atomic E-state index is 0.0558. The molecule has 8 nitrogen and oxygen atoms in total. The Hall–Kier alpha value is -2.68. The van der Waals surface area contributed by atoms with E-state index in [2.05, 4.69) is 19.8 Å². The summed E-state index contributed by atoms with van der Waals surface area (Å²) in [6, 6.07) is 3.19. The maximum absolute atomic E-state index is 13.2. The number of rotatable bonds is 3. The average molecular weight is 400 g/mol. The van der Waals surface area contributed by atoms with Crippen molar-refractivity contribution in [2.75, 3.05) is 37.6 Å². The smallest absolute Gasteiger partial charge is 0.410 e. The largest absolute Gasteiger partial charge is 0.440 e. The van der Waals surface area contributed by atoms with Crippen molar-refractivity contribution in [3.63, 3.8) is 0 Å². The highest BCUT2D eigenvalue weighted by atomic mass is 19.1. The third kappa shape index (κ3) is 3.23. The van der Waals surface area contributed by atoms with E-state index < -0.39 is 5.60 Å². The maximum atomic E-state index is 13.2. The van der Waals surface area contributed by atoms with Crippen LogP contribution in [0.3, 0.4) is 0 Å². The van der Waals surface area contributed by atoms with Gasteiger partial charge in [0, 0.05) is 65.4 Å². The molecule has 0 aliphatic carbocycles. The van der Waals surface area contributed by atoms with Crippen LogP contribution < -0.4 is 4.90 Å². The Morgan fingerprint density at radius 1 is 1.21 bits per heavy atom. The van der Waals surface area contributed by atoms with Gasteiger partial charge in [0.05, 0.1) is 24.3 Å². The number of imidazole rings is 1. The molecule has 0 aromatic carbocycles. The van der Waals surface area contributed by atoms with Gasteiger partial charge in [-0.2, -0.15) is 0 Å². The van der Waals surface area contributed by atoms with Crippen LogP contribution in [0.1, 0.15) is 18.5 Å². The molecular weight excluding hydrogens is 375 g/mol. The Morgan fingerprint density at radius 3 is 2.72 bits per heavy atom. The van der Waals surface area contributed by atoms with E-state index in [-0.39, 0.29) is 18.0 Å². The monoisotopic (exact) mass is 400 g/mol. The van der Waals surface area contributed by atoms with Crippen LogP contribution in [0.4, 0.5) is 15.0 Å². The molecule has 1 amide bonds. The van der Waals surface area contributed by atoms with Crippen molar-refractivity contribution in [3.8, 4) is 0 Å². The van der Waals surface area contributed by atoms with E-state index in [0.29, 0.717) is 6.54 Å². The van der Waals surface area contributed by atoms with E-state index in [9.17, 15) is 9.18 Å². The number of piperazine rings is 1. The van der Waals surface area contributed by atoms with Gasteiger partial charge >= 0.3 is 6.09 Å². The maximum Gasteiger partial charge on any atom is 0.410 e. The molecule has 3 aliphatic rings. The zero-order valence-electron chi connectivity index (χ0n) is 16.5. The number of carbonyl (C=O) groups excluding carboxylic acids is 1. The fraction of sp³-hybridized carbons (Fsp3) is 0.550. The fourth-order valence-corrected chi connectivity index (χ4v) is 4.82. The predicted octanol–water partition coefficient (Wildman–Crippen LogP) is 1.63. The molecule has 0 bridgehead atoms. The molecule has 0 radical (unpaired) electrons. The van der Waals surface area contributed by atoms with Gasteiger partial charge in [-0.1, -0.05) is 0 Å². The standard InChI is InChI=1S/C20H25FN6O2/c1-24-14-22-11-16(24)12-25-8-9-27-17(13-25)20(29-19(27)28)4-6-26(7-5-20)18-3-2-15(21)10-23-18/h2-3,10-11,14,17H,4-9,12-13H2,1H3. The van der Waals surface area contributed by atoms with E-state index >= 15 is 0 Å². The predicted molar refractivity (Wildman–Crippen MR) is 104 cm³/mol. The van der Waals surface area contributed by atoms with Crippen LogP contribution in [0.25, 0.3) is 0 Å². The third-order valence-electron chi connectivity index (χ3n) is 6.54. The Morgan fingerprint density at radius 2 is 2.03 bits per heavy atom. The van der Waals surface area contributed by atoms with E-state index in [1.807, 2.05) is 29.0 Å². The van der Waals surface area contributed by atoms with Gasteiger partial charge in [0.1, 0.15) is 17.2 Å². The fourth-order valence-electron chi connectivity index (χ4n) is 4.82. The molecule has 3 saturated heterocycles. The van der Waals surface area contributed by atoms with E-state index in [1.54, 1.807) is 6.07 Å². The average Bonchev–Trinajstić information content (AvgIpc) is 3.24. The van der Waals surface area contributed by atoms with Crippen molar-refractivity contribution in [2.45, 2.75) is 31.0 Å². The summed E-state index contributed by atoms with van der Waals surface area (Å²) in [5, 5.41) is 0. The van der Waals surface area contributed by atoms with Crippen LogP contribution in [-0.4, -0.2) is 74.8 Å². The normalized spacial score (nSPS) is 24.1. The lowest BCUT2D eigenvalue weighted by molar-refractivity contribution is -0.00659. The number of hydrogen-bond donors (Lipinski definition) is 0. The van der Waals surface area contributed by atoms with Gasteiger partial charge in [-0.15, -0.1) is 0 Å². The van der Waals surface area contributed by atoms with Crippen molar-refractivity contribution in [1.82, 2.24) is 24.3 Å². The lowest BCUT2D eigenvalue weighted by Gasteiger charge is -2.45. The number of anilines is 1. The van der Waals surface area contributed by atoms with Gasteiger partial charge in [-0.25, -0.2) is 19.2 Å². The molecule has 0 N–H and O–H groups in total. The first-order valence-corrected chi connectivity index (χ1v) is 10.1. The Labute approximate surface area is 168 Å². The van der Waals surface area contributed by atoms with Gasteiger partial charge in [0.15, 0.2) is 0 Å². The summed E-state index contributed by atoms with van der Waals surface area (Å²) in [6.45, 7) is 4.60. The first-order chi connectivity index (χ1) is 14.0. The van der Waals surface area contributed by atoms with Crippen molar-refractivity contribution in [3.05, 3.63) is 42.4 Å². The number of aromatic nitrogens is 3. The molecule has 29 heavy (non-hydrogen) atoms. The number of ether oxygens (including phenoxy) is 1. The molecule has 2 aromatic heterocycles. The summed E-state index contributed by atoms with van der Waals surface area (Å²) in [5.41, 5.74) is 0.702. The quantitative estimate of drug-likeness (QED) is 0.780. The Balaban J connectivity index is 1.29. The number of amides is 1. The molecule has 1 atom stereocenters. The summed E-state index contributed by atoms with van der Waals surface area (Å²) >= 11 is 0. The summed E-state index contributed by atoms with van der Waals surface area (Å²) in [6.07, 6.45) is 6.26. The summed E-state index contributed by atoms with van der Waals surface area (Å²) in [4.78, 5) is 27.4. The lowest BCUT2D eigenvalue weighted by Crippen LogP contribution is -2.60. The number of pyridine rings is 1. The van der Waals surface area contributed by atoms with Crippen LogP contribution in [0, 0.1) is 5.82 Å². The van der Waals surface area contributed by atoms with Gasteiger partial charge in [0.2, 0.25) is 0 Å². The van der Waals surface area contributed by atoms with E-state index in [0.717, 1.165) is 57.1 Å². The highest BCUT2D eigenvalue weighted by molar-refractivity contribution is 5.72. The minimum atomic E-state index is -0.460. The molecule has 3 fully saturated rings. The SMILES string of the molecule is Cn1cncc1CN1CCN2C(=O)OC3(CCN(c4ccc(F)cn4)CC3)C2C1. The van der Waals surface area contributed by atoms with Crippen molar-refractivity contribution in [2.24, 2.45) is 7.05 Å². The molecule has 2 aromatic rings. The zero-order chi connectivity index (χ0) is 20.0. The van der Waals surface area contributed by atoms with E-state index in [1.165, 1.54) is 12.3 Å². The van der Waals surface area contributed by atoms with Crippen LogP contribution >= 0.6 is 0 Å². The number of hydrogen-bond acceptors (Lipinski definition) is 6.